The molecule has 6 heteroatoms. The van der Waals surface area contributed by atoms with E-state index in [0.29, 0.717) is 30.9 Å². The van der Waals surface area contributed by atoms with E-state index in [-0.39, 0.29) is 11.8 Å². The van der Waals surface area contributed by atoms with Crippen molar-refractivity contribution in [2.45, 2.75) is 13.5 Å². The third-order valence-electron chi connectivity index (χ3n) is 4.94. The smallest absolute Gasteiger partial charge is 0.272 e. The van der Waals surface area contributed by atoms with Crippen LogP contribution in [0.2, 0.25) is 0 Å². The van der Waals surface area contributed by atoms with Crippen LogP contribution < -0.4 is 0 Å². The fourth-order valence-corrected chi connectivity index (χ4v) is 3.26. The van der Waals surface area contributed by atoms with Gasteiger partial charge >= 0.3 is 0 Å². The van der Waals surface area contributed by atoms with E-state index in [1.165, 1.54) is 0 Å². The minimum atomic E-state index is -0.119. The predicted octanol–water partition coefficient (Wildman–Crippen LogP) is 2.13. The molecule has 142 valence electrons. The van der Waals surface area contributed by atoms with Crippen LogP contribution >= 0.6 is 0 Å². The van der Waals surface area contributed by atoms with Gasteiger partial charge in [-0.05, 0) is 24.2 Å². The summed E-state index contributed by atoms with van der Waals surface area (Å²) in [5.41, 5.74) is 1.88. The Balaban J connectivity index is 1.67. The van der Waals surface area contributed by atoms with Gasteiger partial charge in [0, 0.05) is 51.5 Å². The van der Waals surface area contributed by atoms with E-state index >= 15 is 0 Å². The third-order valence-corrected chi connectivity index (χ3v) is 4.94. The first-order chi connectivity index (χ1) is 13.1. The molecule has 0 atom stereocenters. The van der Waals surface area contributed by atoms with E-state index in [0.717, 1.165) is 25.2 Å². The van der Waals surface area contributed by atoms with Gasteiger partial charge in [0.15, 0.2) is 0 Å². The molecule has 0 saturated carbocycles. The van der Waals surface area contributed by atoms with Crippen LogP contribution in [-0.4, -0.2) is 71.3 Å². The second-order valence-corrected chi connectivity index (χ2v) is 6.80. The zero-order chi connectivity index (χ0) is 19.2. The fourth-order valence-electron chi connectivity index (χ4n) is 3.26. The molecular formula is C21H26N4O2. The highest BCUT2D eigenvalue weighted by molar-refractivity contribution is 5.98. The highest BCUT2D eigenvalue weighted by atomic mass is 16.2. The Morgan fingerprint density at radius 2 is 1.78 bits per heavy atom. The van der Waals surface area contributed by atoms with E-state index in [4.69, 9.17) is 0 Å². The normalized spacial score (nSPS) is 14.8. The molecule has 1 fully saturated rings. The highest BCUT2D eigenvalue weighted by Gasteiger charge is 2.23. The lowest BCUT2D eigenvalue weighted by molar-refractivity contribution is 0.0637. The van der Waals surface area contributed by atoms with Gasteiger partial charge in [-0.25, -0.2) is 0 Å². The van der Waals surface area contributed by atoms with E-state index in [9.17, 15) is 9.59 Å². The summed E-state index contributed by atoms with van der Waals surface area (Å²) < 4.78 is 0. The molecular weight excluding hydrogens is 340 g/mol. The molecule has 0 N–H and O–H groups in total. The summed E-state index contributed by atoms with van der Waals surface area (Å²) in [7, 11) is 1.77. The molecule has 3 rings (SSSR count). The molecule has 1 aromatic carbocycles. The van der Waals surface area contributed by atoms with Gasteiger partial charge in [0.25, 0.3) is 11.8 Å². The summed E-state index contributed by atoms with van der Waals surface area (Å²) >= 11 is 0. The molecule has 2 amide bonds. The van der Waals surface area contributed by atoms with Crippen LogP contribution in [0.25, 0.3) is 0 Å². The number of amides is 2. The Kier molecular flexibility index (Phi) is 6.19. The van der Waals surface area contributed by atoms with Crippen LogP contribution in [0.15, 0.2) is 48.7 Å². The molecule has 2 aromatic rings. The number of hydrogen-bond donors (Lipinski definition) is 0. The van der Waals surface area contributed by atoms with Gasteiger partial charge in [-0.3, -0.25) is 14.6 Å². The highest BCUT2D eigenvalue weighted by Crippen LogP contribution is 2.12. The number of hydrogen-bond acceptors (Lipinski definition) is 4. The molecule has 1 aliphatic rings. The van der Waals surface area contributed by atoms with Crippen molar-refractivity contribution in [3.05, 3.63) is 65.5 Å². The van der Waals surface area contributed by atoms with E-state index < -0.39 is 0 Å². The Labute approximate surface area is 160 Å². The molecule has 1 saturated heterocycles. The monoisotopic (exact) mass is 366 g/mol. The van der Waals surface area contributed by atoms with E-state index in [2.05, 4.69) is 16.8 Å². The number of likely N-dealkylation sites (N-methyl/N-ethyl adjacent to an activating group) is 1. The van der Waals surface area contributed by atoms with E-state index in [1.54, 1.807) is 30.3 Å². The molecule has 0 bridgehead atoms. The number of piperazine rings is 1. The summed E-state index contributed by atoms with van der Waals surface area (Å²) in [5, 5.41) is 0. The summed E-state index contributed by atoms with van der Waals surface area (Å²) in [4.78, 5) is 35.5. The number of nitrogens with zero attached hydrogens (tertiary/aromatic N) is 4. The molecule has 2 heterocycles. The zero-order valence-corrected chi connectivity index (χ0v) is 16.0. The number of rotatable bonds is 5. The van der Waals surface area contributed by atoms with Crippen LogP contribution in [0, 0.1) is 0 Å². The van der Waals surface area contributed by atoms with Gasteiger partial charge in [0.05, 0.1) is 0 Å². The second kappa shape index (κ2) is 8.77. The lowest BCUT2D eigenvalue weighted by atomic mass is 10.1. The van der Waals surface area contributed by atoms with Crippen molar-refractivity contribution in [1.82, 2.24) is 19.7 Å². The maximum absolute atomic E-state index is 12.8. The maximum Gasteiger partial charge on any atom is 0.272 e. The molecule has 6 nitrogen and oxygen atoms in total. The summed E-state index contributed by atoms with van der Waals surface area (Å²) in [6.45, 7) is 6.78. The summed E-state index contributed by atoms with van der Waals surface area (Å²) in [6, 6.07) is 13.1. The van der Waals surface area contributed by atoms with Crippen molar-refractivity contribution in [3.8, 4) is 0 Å². The largest absolute Gasteiger partial charge is 0.337 e. The lowest BCUT2D eigenvalue weighted by Crippen LogP contribution is -2.48. The van der Waals surface area contributed by atoms with Gasteiger partial charge in [0.2, 0.25) is 0 Å². The SMILES string of the molecule is CCN1CCN(C(=O)c2cc(C(=O)N(C)Cc3ccccc3)ccn2)CC1. The van der Waals surface area contributed by atoms with Crippen LogP contribution in [0.3, 0.4) is 0 Å². The third kappa shape index (κ3) is 4.71. The van der Waals surface area contributed by atoms with Crippen molar-refractivity contribution in [2.24, 2.45) is 0 Å². The predicted molar refractivity (Wildman–Crippen MR) is 104 cm³/mol. The molecule has 0 unspecified atom stereocenters. The number of pyridine rings is 1. The first-order valence-corrected chi connectivity index (χ1v) is 9.35. The van der Waals surface area contributed by atoms with Crippen molar-refractivity contribution in [2.75, 3.05) is 39.8 Å². The fraction of sp³-hybridized carbons (Fsp3) is 0.381. The standard InChI is InChI=1S/C21H26N4O2/c1-3-24-11-13-25(14-12-24)21(27)19-15-18(9-10-22-19)20(26)23(2)16-17-7-5-4-6-8-17/h4-10,15H,3,11-14,16H2,1-2H3. The van der Waals surface area contributed by atoms with Crippen molar-refractivity contribution in [3.63, 3.8) is 0 Å². The molecule has 0 aliphatic carbocycles. The van der Waals surface area contributed by atoms with Crippen LogP contribution in [0.4, 0.5) is 0 Å². The molecule has 0 radical (unpaired) electrons. The van der Waals surface area contributed by atoms with Gasteiger partial charge < -0.3 is 14.7 Å². The first-order valence-electron chi connectivity index (χ1n) is 9.35. The van der Waals surface area contributed by atoms with Crippen LogP contribution in [0.1, 0.15) is 33.3 Å². The lowest BCUT2D eigenvalue weighted by Gasteiger charge is -2.33. The minimum absolute atomic E-state index is 0.105. The van der Waals surface area contributed by atoms with Crippen LogP contribution in [-0.2, 0) is 6.54 Å². The first kappa shape index (κ1) is 19.0. The van der Waals surface area contributed by atoms with Gasteiger partial charge in [-0.2, -0.15) is 0 Å². The molecule has 1 aliphatic heterocycles. The van der Waals surface area contributed by atoms with Crippen LogP contribution in [0.5, 0.6) is 0 Å². The Morgan fingerprint density at radius 3 is 2.44 bits per heavy atom. The average molecular weight is 366 g/mol. The summed E-state index contributed by atoms with van der Waals surface area (Å²) in [5.74, 6) is -0.225. The van der Waals surface area contributed by atoms with Crippen molar-refractivity contribution < 1.29 is 9.59 Å². The van der Waals surface area contributed by atoms with Gasteiger partial charge in [0.1, 0.15) is 5.69 Å². The van der Waals surface area contributed by atoms with Gasteiger partial charge in [-0.1, -0.05) is 37.3 Å². The molecule has 0 spiro atoms. The minimum Gasteiger partial charge on any atom is -0.337 e. The number of carbonyl (C=O) groups excluding carboxylic acids is 2. The van der Waals surface area contributed by atoms with E-state index in [1.807, 2.05) is 35.2 Å². The van der Waals surface area contributed by atoms with Gasteiger partial charge in [-0.15, -0.1) is 0 Å². The Hall–Kier alpha value is -2.73. The number of carbonyl (C=O) groups is 2. The number of benzene rings is 1. The zero-order valence-electron chi connectivity index (χ0n) is 16.0. The average Bonchev–Trinajstić information content (AvgIpc) is 2.73. The van der Waals surface area contributed by atoms with Crippen molar-refractivity contribution >= 4 is 11.8 Å². The Bertz CT molecular complexity index is 786. The summed E-state index contributed by atoms with van der Waals surface area (Å²) in [6.07, 6.45) is 1.54. The Morgan fingerprint density at radius 1 is 1.07 bits per heavy atom. The molecule has 1 aromatic heterocycles. The molecule has 27 heavy (non-hydrogen) atoms. The maximum atomic E-state index is 12.8. The quantitative estimate of drug-likeness (QED) is 0.813. The topological polar surface area (TPSA) is 56.8 Å². The number of aromatic nitrogens is 1. The second-order valence-electron chi connectivity index (χ2n) is 6.80. The van der Waals surface area contributed by atoms with Crippen molar-refractivity contribution in [1.29, 1.82) is 0 Å².